The number of halogens is 1. The maximum Gasteiger partial charge on any atom is 0.407 e. The molecule has 0 aliphatic heterocycles. The molecule has 170 valence electrons. The van der Waals surface area contributed by atoms with Crippen LogP contribution in [0.5, 0.6) is 0 Å². The van der Waals surface area contributed by atoms with Gasteiger partial charge in [-0.25, -0.2) is 4.79 Å². The van der Waals surface area contributed by atoms with E-state index in [9.17, 15) is 25.1 Å². The summed E-state index contributed by atoms with van der Waals surface area (Å²) >= 11 is 3.14. The number of aliphatic hydroxyl groups is 2. The SMILES string of the molecule is O=C(NCC(O)C(O)c1ccc(Br)cc1[N+](=O)[O-])OCC1c2ccccc2-c2ccccc21. The molecule has 0 aromatic heterocycles. The lowest BCUT2D eigenvalue weighted by atomic mass is 9.98. The van der Waals surface area contributed by atoms with Gasteiger partial charge in [0.25, 0.3) is 5.69 Å². The smallest absolute Gasteiger partial charge is 0.407 e. The quantitative estimate of drug-likeness (QED) is 0.320. The van der Waals surface area contributed by atoms with Crippen molar-refractivity contribution in [2.24, 2.45) is 0 Å². The normalized spacial score (nSPS) is 14.2. The Balaban J connectivity index is 1.36. The molecular formula is C24H21BrN2O6. The van der Waals surface area contributed by atoms with Gasteiger partial charge in [0.2, 0.25) is 0 Å². The highest BCUT2D eigenvalue weighted by Gasteiger charge is 2.30. The van der Waals surface area contributed by atoms with Crippen LogP contribution in [0, 0.1) is 10.1 Å². The van der Waals surface area contributed by atoms with Gasteiger partial charge in [0.15, 0.2) is 0 Å². The fourth-order valence-electron chi connectivity index (χ4n) is 4.08. The molecule has 3 N–H and O–H groups in total. The Morgan fingerprint density at radius 1 is 1.06 bits per heavy atom. The van der Waals surface area contributed by atoms with Gasteiger partial charge in [-0.05, 0) is 34.4 Å². The highest BCUT2D eigenvalue weighted by molar-refractivity contribution is 9.10. The van der Waals surface area contributed by atoms with E-state index in [1.54, 1.807) is 0 Å². The molecule has 0 fully saturated rings. The molecule has 2 atom stereocenters. The predicted octanol–water partition coefficient (Wildman–Crippen LogP) is 4.29. The fraction of sp³-hybridized carbons (Fsp3) is 0.208. The fourth-order valence-corrected chi connectivity index (χ4v) is 4.43. The molecule has 9 heteroatoms. The number of nitrogens with zero attached hydrogens (tertiary/aromatic N) is 1. The second-order valence-corrected chi connectivity index (χ2v) is 8.59. The van der Waals surface area contributed by atoms with Crippen LogP contribution in [-0.4, -0.2) is 40.5 Å². The first kappa shape index (κ1) is 22.9. The molecule has 0 radical (unpaired) electrons. The number of carbonyl (C=O) groups is 1. The van der Waals surface area contributed by atoms with Crippen molar-refractivity contribution in [2.75, 3.05) is 13.2 Å². The average molecular weight is 513 g/mol. The van der Waals surface area contributed by atoms with Crippen molar-refractivity contribution in [1.82, 2.24) is 5.32 Å². The molecule has 1 aliphatic rings. The summed E-state index contributed by atoms with van der Waals surface area (Å²) in [7, 11) is 0. The lowest BCUT2D eigenvalue weighted by Crippen LogP contribution is -2.36. The highest BCUT2D eigenvalue weighted by Crippen LogP contribution is 2.44. The van der Waals surface area contributed by atoms with Crippen LogP contribution in [0.15, 0.2) is 71.2 Å². The minimum atomic E-state index is -1.56. The van der Waals surface area contributed by atoms with Crippen molar-refractivity contribution in [3.05, 3.63) is 98.0 Å². The Bertz CT molecular complexity index is 1160. The third-order valence-corrected chi connectivity index (χ3v) is 6.16. The van der Waals surface area contributed by atoms with Crippen molar-refractivity contribution in [3.8, 4) is 11.1 Å². The Hall–Kier alpha value is -3.27. The van der Waals surface area contributed by atoms with Crippen LogP contribution in [0.3, 0.4) is 0 Å². The number of benzene rings is 3. The number of rotatable bonds is 7. The summed E-state index contributed by atoms with van der Waals surface area (Å²) in [5, 5.41) is 34.3. The molecule has 8 nitrogen and oxygen atoms in total. The summed E-state index contributed by atoms with van der Waals surface area (Å²) in [6, 6.07) is 20.0. The number of alkyl carbamates (subject to hydrolysis) is 1. The topological polar surface area (TPSA) is 122 Å². The minimum absolute atomic E-state index is 0.0509. The van der Waals surface area contributed by atoms with E-state index in [1.807, 2.05) is 48.5 Å². The van der Waals surface area contributed by atoms with E-state index in [4.69, 9.17) is 4.74 Å². The Morgan fingerprint density at radius 3 is 2.27 bits per heavy atom. The Labute approximate surface area is 198 Å². The summed E-state index contributed by atoms with van der Waals surface area (Å²) in [5.41, 5.74) is 3.98. The summed E-state index contributed by atoms with van der Waals surface area (Å²) in [5.74, 6) is -0.107. The summed E-state index contributed by atoms with van der Waals surface area (Å²) in [6.07, 6.45) is -3.79. The van der Waals surface area contributed by atoms with Crippen LogP contribution in [0.4, 0.5) is 10.5 Å². The van der Waals surface area contributed by atoms with Gasteiger partial charge in [0.05, 0.1) is 10.5 Å². The summed E-state index contributed by atoms with van der Waals surface area (Å²) in [6.45, 7) is -0.234. The van der Waals surface area contributed by atoms with Gasteiger partial charge < -0.3 is 20.3 Å². The summed E-state index contributed by atoms with van der Waals surface area (Å²) in [4.78, 5) is 22.9. The van der Waals surface area contributed by atoms with Gasteiger partial charge in [-0.1, -0.05) is 64.5 Å². The molecule has 1 amide bonds. The van der Waals surface area contributed by atoms with Crippen molar-refractivity contribution in [3.63, 3.8) is 0 Å². The van der Waals surface area contributed by atoms with Gasteiger partial charge in [0.1, 0.15) is 18.8 Å². The van der Waals surface area contributed by atoms with Crippen molar-refractivity contribution in [2.45, 2.75) is 18.1 Å². The average Bonchev–Trinajstić information content (AvgIpc) is 3.14. The van der Waals surface area contributed by atoms with E-state index in [-0.39, 0.29) is 30.3 Å². The minimum Gasteiger partial charge on any atom is -0.449 e. The molecule has 3 aromatic rings. The molecule has 4 rings (SSSR count). The molecular weight excluding hydrogens is 492 g/mol. The maximum atomic E-state index is 12.3. The van der Waals surface area contributed by atoms with E-state index in [2.05, 4.69) is 21.2 Å². The zero-order valence-electron chi connectivity index (χ0n) is 17.3. The van der Waals surface area contributed by atoms with Crippen LogP contribution >= 0.6 is 15.9 Å². The van der Waals surface area contributed by atoms with E-state index >= 15 is 0 Å². The molecule has 2 unspecified atom stereocenters. The number of hydrogen-bond donors (Lipinski definition) is 3. The Kier molecular flexibility index (Phi) is 6.73. The number of fused-ring (bicyclic) bond motifs is 3. The second-order valence-electron chi connectivity index (χ2n) is 7.68. The van der Waals surface area contributed by atoms with E-state index in [0.717, 1.165) is 22.3 Å². The maximum absolute atomic E-state index is 12.3. The number of nitrogens with one attached hydrogen (secondary N) is 1. The Morgan fingerprint density at radius 2 is 1.67 bits per heavy atom. The monoisotopic (exact) mass is 512 g/mol. The predicted molar refractivity (Wildman–Crippen MR) is 125 cm³/mol. The van der Waals surface area contributed by atoms with Gasteiger partial charge in [0, 0.05) is 23.0 Å². The largest absolute Gasteiger partial charge is 0.449 e. The highest BCUT2D eigenvalue weighted by atomic mass is 79.9. The molecule has 3 aromatic carbocycles. The zero-order chi connectivity index (χ0) is 23.5. The van der Waals surface area contributed by atoms with E-state index in [0.29, 0.717) is 4.47 Å². The van der Waals surface area contributed by atoms with Crippen LogP contribution in [-0.2, 0) is 4.74 Å². The molecule has 0 saturated heterocycles. The van der Waals surface area contributed by atoms with Crippen LogP contribution in [0.2, 0.25) is 0 Å². The number of amides is 1. The zero-order valence-corrected chi connectivity index (χ0v) is 18.9. The molecule has 1 aliphatic carbocycles. The van der Waals surface area contributed by atoms with Crippen molar-refractivity contribution >= 4 is 27.7 Å². The number of nitro groups is 1. The van der Waals surface area contributed by atoms with E-state index < -0.39 is 23.2 Å². The van der Waals surface area contributed by atoms with Crippen LogP contribution in [0.25, 0.3) is 11.1 Å². The molecule has 0 bridgehead atoms. The molecule has 33 heavy (non-hydrogen) atoms. The third kappa shape index (κ3) is 4.75. The van der Waals surface area contributed by atoms with E-state index in [1.165, 1.54) is 18.2 Å². The molecule has 0 spiro atoms. The lowest BCUT2D eigenvalue weighted by Gasteiger charge is -2.19. The molecule has 0 saturated carbocycles. The van der Waals surface area contributed by atoms with Gasteiger partial charge in [-0.15, -0.1) is 0 Å². The number of hydrogen-bond acceptors (Lipinski definition) is 6. The summed E-state index contributed by atoms with van der Waals surface area (Å²) < 4.78 is 5.86. The number of carbonyl (C=O) groups excluding carboxylic acids is 1. The first-order valence-corrected chi connectivity index (χ1v) is 11.0. The van der Waals surface area contributed by atoms with Crippen molar-refractivity contribution in [1.29, 1.82) is 0 Å². The third-order valence-electron chi connectivity index (χ3n) is 5.67. The first-order chi connectivity index (χ1) is 15.9. The van der Waals surface area contributed by atoms with Crippen molar-refractivity contribution < 1.29 is 24.7 Å². The van der Waals surface area contributed by atoms with Gasteiger partial charge in [-0.3, -0.25) is 10.1 Å². The standard InChI is InChI=1S/C24H21BrN2O6/c25-14-9-10-19(21(11-14)27(31)32)23(29)22(28)12-26-24(30)33-13-20-17-7-3-1-5-15(17)16-6-2-4-8-18(16)20/h1-11,20,22-23,28-29H,12-13H2,(H,26,30). The number of aliphatic hydroxyl groups excluding tert-OH is 2. The number of nitro benzene ring substituents is 1. The second kappa shape index (κ2) is 9.70. The van der Waals surface area contributed by atoms with Crippen LogP contribution < -0.4 is 5.32 Å². The van der Waals surface area contributed by atoms with Gasteiger partial charge >= 0.3 is 6.09 Å². The van der Waals surface area contributed by atoms with Crippen LogP contribution in [0.1, 0.15) is 28.7 Å². The lowest BCUT2D eigenvalue weighted by molar-refractivity contribution is -0.386. The molecule has 0 heterocycles. The first-order valence-electron chi connectivity index (χ1n) is 10.3. The number of ether oxygens (including phenoxy) is 1. The van der Waals surface area contributed by atoms with Gasteiger partial charge in [-0.2, -0.15) is 0 Å².